The van der Waals surface area contributed by atoms with E-state index in [1.807, 2.05) is 43.3 Å². The molecule has 0 aliphatic carbocycles. The number of methoxy groups -OCH3 is 1. The topological polar surface area (TPSA) is 75.7 Å². The van der Waals surface area contributed by atoms with Crippen molar-refractivity contribution in [2.45, 2.75) is 13.0 Å². The lowest BCUT2D eigenvalue weighted by molar-refractivity contribution is -0.134. The number of furan rings is 1. The summed E-state index contributed by atoms with van der Waals surface area (Å²) >= 11 is 0. The van der Waals surface area contributed by atoms with Crippen molar-refractivity contribution in [2.24, 2.45) is 0 Å². The Balaban J connectivity index is 1.67. The predicted molar refractivity (Wildman–Crippen MR) is 101 cm³/mol. The maximum atomic E-state index is 12.5. The summed E-state index contributed by atoms with van der Waals surface area (Å²) in [5.41, 5.74) is 1.25. The fraction of sp³-hybridized carbons (Fsp3) is 0.238. The van der Waals surface area contributed by atoms with Gasteiger partial charge in [0.1, 0.15) is 11.3 Å². The number of rotatable bonds is 6. The van der Waals surface area contributed by atoms with Gasteiger partial charge in [-0.15, -0.1) is 0 Å². The number of benzene rings is 2. The highest BCUT2D eigenvalue weighted by atomic mass is 16.5. The molecular formula is C21H20N2O4. The largest absolute Gasteiger partial charge is 0.493 e. The summed E-state index contributed by atoms with van der Waals surface area (Å²) in [5.74, 6) is 1.34. The number of carbonyl (C=O) groups excluding carboxylic acids is 1. The first-order valence-corrected chi connectivity index (χ1v) is 8.48. The smallest absolute Gasteiger partial charge is 0.260 e. The maximum Gasteiger partial charge on any atom is 0.260 e. The number of fused-ring (bicyclic) bond motifs is 1. The van der Waals surface area contributed by atoms with Gasteiger partial charge in [0, 0.05) is 18.5 Å². The Morgan fingerprint density at radius 1 is 1.22 bits per heavy atom. The minimum absolute atomic E-state index is 0.149. The maximum absolute atomic E-state index is 12.5. The molecular weight excluding hydrogens is 344 g/mol. The van der Waals surface area contributed by atoms with Crippen LogP contribution in [0.1, 0.15) is 24.3 Å². The molecule has 0 spiro atoms. The number of likely N-dealkylation sites (N-methyl/N-ethyl adjacent to an activating group) is 1. The van der Waals surface area contributed by atoms with Gasteiger partial charge in [0.05, 0.1) is 24.8 Å². The highest BCUT2D eigenvalue weighted by molar-refractivity contribution is 5.80. The molecule has 0 aliphatic heterocycles. The first-order valence-electron chi connectivity index (χ1n) is 8.48. The Morgan fingerprint density at radius 2 is 2.00 bits per heavy atom. The van der Waals surface area contributed by atoms with Crippen LogP contribution in [0.4, 0.5) is 0 Å². The zero-order valence-electron chi connectivity index (χ0n) is 15.4. The third-order valence-corrected chi connectivity index (χ3v) is 4.47. The zero-order valence-corrected chi connectivity index (χ0v) is 15.4. The van der Waals surface area contributed by atoms with Crippen molar-refractivity contribution in [1.29, 1.82) is 5.26 Å². The van der Waals surface area contributed by atoms with Crippen LogP contribution in [0.2, 0.25) is 0 Å². The van der Waals surface area contributed by atoms with Crippen molar-refractivity contribution in [3.8, 4) is 17.6 Å². The van der Waals surface area contributed by atoms with E-state index in [1.165, 1.54) is 7.11 Å². The molecule has 1 aromatic heterocycles. The second-order valence-electron chi connectivity index (χ2n) is 6.13. The molecule has 27 heavy (non-hydrogen) atoms. The number of carbonyl (C=O) groups is 1. The van der Waals surface area contributed by atoms with Crippen LogP contribution in [0, 0.1) is 11.3 Å². The fourth-order valence-electron chi connectivity index (χ4n) is 2.71. The molecule has 0 fully saturated rings. The van der Waals surface area contributed by atoms with E-state index in [9.17, 15) is 4.79 Å². The number of hydrogen-bond acceptors (Lipinski definition) is 5. The molecule has 1 heterocycles. The van der Waals surface area contributed by atoms with Gasteiger partial charge < -0.3 is 18.8 Å². The van der Waals surface area contributed by atoms with Gasteiger partial charge in [0.25, 0.3) is 5.91 Å². The van der Waals surface area contributed by atoms with Gasteiger partial charge in [-0.05, 0) is 31.2 Å². The highest BCUT2D eigenvalue weighted by Crippen LogP contribution is 2.29. The molecule has 6 heteroatoms. The summed E-state index contributed by atoms with van der Waals surface area (Å²) in [7, 11) is 3.19. The van der Waals surface area contributed by atoms with Crippen LogP contribution >= 0.6 is 0 Å². The molecule has 1 amide bonds. The van der Waals surface area contributed by atoms with E-state index in [-0.39, 0.29) is 18.6 Å². The quantitative estimate of drug-likeness (QED) is 0.663. The van der Waals surface area contributed by atoms with Crippen molar-refractivity contribution >= 4 is 16.9 Å². The summed E-state index contributed by atoms with van der Waals surface area (Å²) in [6.07, 6.45) is 0. The second kappa shape index (κ2) is 7.83. The summed E-state index contributed by atoms with van der Waals surface area (Å²) < 4.78 is 16.7. The van der Waals surface area contributed by atoms with E-state index in [4.69, 9.17) is 19.2 Å². The molecule has 0 saturated heterocycles. The van der Waals surface area contributed by atoms with Crippen LogP contribution in [0.3, 0.4) is 0 Å². The number of ether oxygens (including phenoxy) is 2. The molecule has 1 unspecified atom stereocenters. The summed E-state index contributed by atoms with van der Waals surface area (Å²) in [6.45, 7) is 1.75. The minimum atomic E-state index is -0.239. The first kappa shape index (κ1) is 18.3. The van der Waals surface area contributed by atoms with Crippen LogP contribution in [0.25, 0.3) is 11.0 Å². The summed E-state index contributed by atoms with van der Waals surface area (Å²) in [5, 5.41) is 9.94. The molecule has 0 radical (unpaired) electrons. The molecule has 3 rings (SSSR count). The van der Waals surface area contributed by atoms with Gasteiger partial charge in [0.15, 0.2) is 18.1 Å². The number of nitrogens with zero attached hydrogens (tertiary/aromatic N) is 2. The van der Waals surface area contributed by atoms with Crippen molar-refractivity contribution in [1.82, 2.24) is 4.90 Å². The summed E-state index contributed by atoms with van der Waals surface area (Å²) in [6, 6.07) is 16.3. The van der Waals surface area contributed by atoms with E-state index < -0.39 is 0 Å². The Hall–Kier alpha value is -3.46. The van der Waals surface area contributed by atoms with Crippen LogP contribution in [0.15, 0.2) is 52.9 Å². The third kappa shape index (κ3) is 3.87. The fourth-order valence-corrected chi connectivity index (χ4v) is 2.71. The predicted octanol–water partition coefficient (Wildman–Crippen LogP) is 3.91. The van der Waals surface area contributed by atoms with Crippen molar-refractivity contribution in [2.75, 3.05) is 20.8 Å². The molecule has 6 nitrogen and oxygen atoms in total. The molecule has 0 saturated carbocycles. The van der Waals surface area contributed by atoms with E-state index in [2.05, 4.69) is 0 Å². The monoisotopic (exact) mass is 364 g/mol. The second-order valence-corrected chi connectivity index (χ2v) is 6.13. The van der Waals surface area contributed by atoms with Crippen molar-refractivity contribution < 1.29 is 18.7 Å². The van der Waals surface area contributed by atoms with Crippen LogP contribution < -0.4 is 9.47 Å². The summed E-state index contributed by atoms with van der Waals surface area (Å²) in [4.78, 5) is 14.1. The Labute approximate surface area is 157 Å². The number of amides is 1. The number of para-hydroxylation sites is 1. The van der Waals surface area contributed by atoms with E-state index in [0.717, 1.165) is 11.0 Å². The molecule has 0 N–H and O–H groups in total. The molecule has 1 atom stereocenters. The first-order chi connectivity index (χ1) is 13.0. The Kier molecular flexibility index (Phi) is 5.32. The van der Waals surface area contributed by atoms with Gasteiger partial charge in [-0.25, -0.2) is 0 Å². The highest BCUT2D eigenvalue weighted by Gasteiger charge is 2.21. The lowest BCUT2D eigenvalue weighted by Gasteiger charge is -2.23. The lowest BCUT2D eigenvalue weighted by atomic mass is 10.2. The van der Waals surface area contributed by atoms with Crippen LogP contribution in [-0.4, -0.2) is 31.6 Å². The van der Waals surface area contributed by atoms with Crippen LogP contribution in [-0.2, 0) is 4.79 Å². The van der Waals surface area contributed by atoms with Gasteiger partial charge in [-0.2, -0.15) is 5.26 Å². The zero-order chi connectivity index (χ0) is 19.4. The lowest BCUT2D eigenvalue weighted by Crippen LogP contribution is -2.33. The van der Waals surface area contributed by atoms with Crippen molar-refractivity contribution in [3.05, 3.63) is 59.9 Å². The Morgan fingerprint density at radius 3 is 2.70 bits per heavy atom. The SMILES string of the molecule is COc1cc(C#N)ccc1OCC(=O)N(C)C(C)c1cc2ccccc2o1. The molecule has 0 aliphatic rings. The van der Waals surface area contributed by atoms with Gasteiger partial charge >= 0.3 is 0 Å². The average molecular weight is 364 g/mol. The van der Waals surface area contributed by atoms with Crippen molar-refractivity contribution in [3.63, 3.8) is 0 Å². The number of hydrogen-bond donors (Lipinski definition) is 0. The molecule has 138 valence electrons. The van der Waals surface area contributed by atoms with Gasteiger partial charge in [-0.3, -0.25) is 4.79 Å². The molecule has 0 bridgehead atoms. The molecule has 3 aromatic rings. The van der Waals surface area contributed by atoms with Gasteiger partial charge in [-0.1, -0.05) is 18.2 Å². The third-order valence-electron chi connectivity index (χ3n) is 4.47. The minimum Gasteiger partial charge on any atom is -0.493 e. The van der Waals surface area contributed by atoms with E-state index in [1.54, 1.807) is 30.1 Å². The van der Waals surface area contributed by atoms with E-state index in [0.29, 0.717) is 22.8 Å². The average Bonchev–Trinajstić information content (AvgIpc) is 3.14. The van der Waals surface area contributed by atoms with E-state index >= 15 is 0 Å². The van der Waals surface area contributed by atoms with Crippen LogP contribution in [0.5, 0.6) is 11.5 Å². The number of nitriles is 1. The standard InChI is InChI=1S/C21H20N2O4/c1-14(19-11-16-6-4-5-7-17(16)27-19)23(2)21(24)13-26-18-9-8-15(12-22)10-20(18)25-3/h4-11,14H,13H2,1-3H3. The van der Waals surface area contributed by atoms with Gasteiger partial charge in [0.2, 0.25) is 0 Å². The molecule has 2 aromatic carbocycles. The Bertz CT molecular complexity index is 970. The normalized spacial score (nSPS) is 11.6.